The third-order valence-corrected chi connectivity index (χ3v) is 5.95. The van der Waals surface area contributed by atoms with Gasteiger partial charge >= 0.3 is 23.9 Å². The van der Waals surface area contributed by atoms with Crippen LogP contribution in [0.1, 0.15) is 77.6 Å². The number of unbranched alkanes of at least 4 members (excludes halogenated alkanes) is 1. The number of carboxylic acids is 4. The molecule has 0 saturated heterocycles. The van der Waals surface area contributed by atoms with Gasteiger partial charge in [0.25, 0.3) is 0 Å². The number of rotatable bonds is 23. The Bertz CT molecular complexity index is 1050. The fourth-order valence-corrected chi connectivity index (χ4v) is 3.55. The molecular formula is C25H39N5O13. The summed E-state index contributed by atoms with van der Waals surface area (Å²) in [5, 5.41) is 45.8. The highest BCUT2D eigenvalue weighted by atomic mass is 16.4. The minimum Gasteiger partial charge on any atom is -0.480 e. The smallest absolute Gasteiger partial charge is 0.326 e. The Morgan fingerprint density at radius 1 is 0.488 bits per heavy atom. The van der Waals surface area contributed by atoms with Crippen LogP contribution in [-0.4, -0.2) is 98.0 Å². The molecule has 43 heavy (non-hydrogen) atoms. The summed E-state index contributed by atoms with van der Waals surface area (Å²) in [6, 6.07) is -5.99. The number of carbonyl (C=O) groups excluding carboxylic acids is 5. The van der Waals surface area contributed by atoms with Crippen LogP contribution in [0.3, 0.4) is 0 Å². The second kappa shape index (κ2) is 20.2. The molecule has 18 nitrogen and oxygen atoms in total. The SMILES string of the molecule is CCCCC(=O)N[C@@H](CCC(=O)N[C@@H](CCC(=O)N[C@@H](CCC(=O)N[C@@H](CCC(N)=O)C(=O)O)C(=O)O)C(=O)O)C(=O)O. The van der Waals surface area contributed by atoms with Gasteiger partial charge in [-0.1, -0.05) is 13.3 Å². The first-order valence-corrected chi connectivity index (χ1v) is 13.4. The van der Waals surface area contributed by atoms with Crippen molar-refractivity contribution >= 4 is 53.4 Å². The molecule has 0 saturated carbocycles. The number of carbonyl (C=O) groups is 9. The molecule has 0 bridgehead atoms. The van der Waals surface area contributed by atoms with Gasteiger partial charge in [0, 0.05) is 32.1 Å². The van der Waals surface area contributed by atoms with Crippen molar-refractivity contribution in [3.63, 3.8) is 0 Å². The Balaban J connectivity index is 4.89. The molecule has 0 unspecified atom stereocenters. The average molecular weight is 618 g/mol. The van der Waals surface area contributed by atoms with Crippen molar-refractivity contribution < 1.29 is 63.6 Å². The number of amides is 5. The number of nitrogens with one attached hydrogen (secondary N) is 4. The van der Waals surface area contributed by atoms with E-state index >= 15 is 0 Å². The van der Waals surface area contributed by atoms with Gasteiger partial charge in [-0.3, -0.25) is 24.0 Å². The van der Waals surface area contributed by atoms with Crippen molar-refractivity contribution in [1.29, 1.82) is 0 Å². The quantitative estimate of drug-likeness (QED) is 0.0603. The molecule has 242 valence electrons. The molecule has 0 spiro atoms. The van der Waals surface area contributed by atoms with Gasteiger partial charge in [-0.05, 0) is 32.1 Å². The normalized spacial score (nSPS) is 13.3. The molecule has 4 atom stereocenters. The van der Waals surface area contributed by atoms with Crippen LogP contribution in [0, 0.1) is 0 Å². The molecule has 0 aromatic rings. The van der Waals surface area contributed by atoms with Gasteiger partial charge in [-0.25, -0.2) is 19.2 Å². The molecule has 0 radical (unpaired) electrons. The highest BCUT2D eigenvalue weighted by molar-refractivity contribution is 5.88. The van der Waals surface area contributed by atoms with Crippen LogP contribution < -0.4 is 27.0 Å². The first-order chi connectivity index (χ1) is 20.1. The summed E-state index contributed by atoms with van der Waals surface area (Å²) in [5.41, 5.74) is 4.96. The molecule has 0 aliphatic rings. The highest BCUT2D eigenvalue weighted by Crippen LogP contribution is 2.06. The summed E-state index contributed by atoms with van der Waals surface area (Å²) in [6.07, 6.45) is -1.98. The minimum absolute atomic E-state index is 0.106. The molecule has 0 fully saturated rings. The number of hydrogen-bond donors (Lipinski definition) is 9. The van der Waals surface area contributed by atoms with E-state index in [2.05, 4.69) is 21.3 Å². The van der Waals surface area contributed by atoms with Gasteiger partial charge in [0.1, 0.15) is 24.2 Å². The molecular weight excluding hydrogens is 578 g/mol. The molecule has 5 amide bonds. The molecule has 0 aliphatic carbocycles. The maximum atomic E-state index is 12.3. The van der Waals surface area contributed by atoms with Crippen molar-refractivity contribution in [3.8, 4) is 0 Å². The Morgan fingerprint density at radius 3 is 0.977 bits per heavy atom. The summed E-state index contributed by atoms with van der Waals surface area (Å²) in [4.78, 5) is 105. The van der Waals surface area contributed by atoms with E-state index < -0.39 is 110 Å². The fourth-order valence-electron chi connectivity index (χ4n) is 3.55. The van der Waals surface area contributed by atoms with Gasteiger partial charge < -0.3 is 47.4 Å². The molecule has 0 aromatic heterocycles. The Hall–Kier alpha value is -4.77. The van der Waals surface area contributed by atoms with Crippen LogP contribution in [0.15, 0.2) is 0 Å². The van der Waals surface area contributed by atoms with Crippen LogP contribution in [0.25, 0.3) is 0 Å². The van der Waals surface area contributed by atoms with Gasteiger partial charge in [-0.2, -0.15) is 0 Å². The lowest BCUT2D eigenvalue weighted by atomic mass is 10.1. The lowest BCUT2D eigenvalue weighted by molar-refractivity contribution is -0.144. The molecule has 0 aromatic carbocycles. The number of carboxylic acid groups (broad SMARTS) is 4. The second-order valence-corrected chi connectivity index (χ2v) is 9.56. The number of aliphatic carboxylic acids is 4. The lowest BCUT2D eigenvalue weighted by Gasteiger charge is -2.18. The van der Waals surface area contributed by atoms with Crippen molar-refractivity contribution in [2.75, 3.05) is 0 Å². The van der Waals surface area contributed by atoms with E-state index in [0.717, 1.165) is 0 Å². The van der Waals surface area contributed by atoms with Crippen LogP contribution in [0.5, 0.6) is 0 Å². The maximum Gasteiger partial charge on any atom is 0.326 e. The van der Waals surface area contributed by atoms with Crippen LogP contribution in [-0.2, 0) is 43.2 Å². The third-order valence-electron chi connectivity index (χ3n) is 5.95. The van der Waals surface area contributed by atoms with Gasteiger partial charge in [-0.15, -0.1) is 0 Å². The van der Waals surface area contributed by atoms with E-state index in [0.29, 0.717) is 12.8 Å². The summed E-state index contributed by atoms with van der Waals surface area (Å²) in [5.74, 6) is -9.78. The van der Waals surface area contributed by atoms with Crippen molar-refractivity contribution in [2.45, 2.75) is 102 Å². The summed E-state index contributed by atoms with van der Waals surface area (Å²) < 4.78 is 0. The predicted molar refractivity (Wildman–Crippen MR) is 144 cm³/mol. The Morgan fingerprint density at radius 2 is 0.744 bits per heavy atom. The summed E-state index contributed by atoms with van der Waals surface area (Å²) >= 11 is 0. The van der Waals surface area contributed by atoms with Gasteiger partial charge in [0.15, 0.2) is 0 Å². The largest absolute Gasteiger partial charge is 0.480 e. The topological polar surface area (TPSA) is 309 Å². The average Bonchev–Trinajstić information content (AvgIpc) is 2.91. The second-order valence-electron chi connectivity index (χ2n) is 9.56. The predicted octanol–water partition coefficient (Wildman–Crippen LogP) is -1.94. The summed E-state index contributed by atoms with van der Waals surface area (Å²) in [7, 11) is 0. The van der Waals surface area contributed by atoms with Crippen LogP contribution in [0.2, 0.25) is 0 Å². The van der Waals surface area contributed by atoms with Crippen molar-refractivity contribution in [1.82, 2.24) is 21.3 Å². The lowest BCUT2D eigenvalue weighted by Crippen LogP contribution is -2.45. The van der Waals surface area contributed by atoms with E-state index in [1.54, 1.807) is 0 Å². The van der Waals surface area contributed by atoms with Crippen molar-refractivity contribution in [2.24, 2.45) is 5.73 Å². The minimum atomic E-state index is -1.59. The fraction of sp³-hybridized carbons (Fsp3) is 0.640. The summed E-state index contributed by atoms with van der Waals surface area (Å²) in [6.45, 7) is 1.85. The van der Waals surface area contributed by atoms with E-state index in [9.17, 15) is 58.5 Å². The maximum absolute atomic E-state index is 12.3. The Kier molecular flexibility index (Phi) is 17.9. The molecule has 0 rings (SSSR count). The number of hydrogen-bond acceptors (Lipinski definition) is 9. The molecule has 0 heterocycles. The van der Waals surface area contributed by atoms with Gasteiger partial charge in [0.2, 0.25) is 29.5 Å². The first-order valence-electron chi connectivity index (χ1n) is 13.4. The molecule has 10 N–H and O–H groups in total. The van der Waals surface area contributed by atoms with Crippen LogP contribution >= 0.6 is 0 Å². The standard InChI is InChI=1S/C25H39N5O13/c1-2-3-4-18(32)27-14(23(38)39)6-10-20(34)29-16(25(42)43)8-12-21(35)30-15(24(40)41)7-11-19(33)28-13(22(36)37)5-9-17(26)31/h13-16H,2-12H2,1H3,(H2,26,31)(H,27,32)(H,28,33)(H,29,34)(H,30,35)(H,36,37)(H,38,39)(H,40,41)(H,42,43)/t13-,14-,15-,16-/m0/s1. The third kappa shape index (κ3) is 17.6. The van der Waals surface area contributed by atoms with Crippen molar-refractivity contribution in [3.05, 3.63) is 0 Å². The highest BCUT2D eigenvalue weighted by Gasteiger charge is 2.27. The van der Waals surface area contributed by atoms with E-state index in [1.165, 1.54) is 0 Å². The van der Waals surface area contributed by atoms with E-state index in [1.807, 2.05) is 6.92 Å². The first kappa shape index (κ1) is 38.2. The zero-order chi connectivity index (χ0) is 33.1. The number of nitrogens with two attached hydrogens (primary N) is 1. The zero-order valence-electron chi connectivity index (χ0n) is 23.6. The Labute approximate surface area is 246 Å². The molecule has 0 aliphatic heterocycles. The van der Waals surface area contributed by atoms with E-state index in [4.69, 9.17) is 10.8 Å². The van der Waals surface area contributed by atoms with Gasteiger partial charge in [0.05, 0.1) is 0 Å². The van der Waals surface area contributed by atoms with E-state index in [-0.39, 0.29) is 25.7 Å². The molecule has 18 heteroatoms. The van der Waals surface area contributed by atoms with Crippen LogP contribution in [0.4, 0.5) is 0 Å². The zero-order valence-corrected chi connectivity index (χ0v) is 23.6. The monoisotopic (exact) mass is 617 g/mol. The number of primary amides is 1.